The van der Waals surface area contributed by atoms with Gasteiger partial charge >= 0.3 is 0 Å². The van der Waals surface area contributed by atoms with Gasteiger partial charge in [0.15, 0.2) is 5.65 Å². The molecule has 122 valence electrons. The molecule has 4 heteroatoms. The maximum absolute atomic E-state index is 12.9. The fourth-order valence-corrected chi connectivity index (χ4v) is 3.43. The number of fused-ring (bicyclic) bond motifs is 2. The maximum Gasteiger partial charge on any atom is 0.263 e. The van der Waals surface area contributed by atoms with Crippen LogP contribution in [0, 0.1) is 12.8 Å². The number of pyridine rings is 1. The van der Waals surface area contributed by atoms with Crippen LogP contribution in [0.2, 0.25) is 0 Å². The summed E-state index contributed by atoms with van der Waals surface area (Å²) in [6, 6.07) is 10.3. The van der Waals surface area contributed by atoms with E-state index in [0.717, 1.165) is 30.5 Å². The number of nitrogens with zero attached hydrogens (tertiary/aromatic N) is 3. The van der Waals surface area contributed by atoms with Crippen molar-refractivity contribution in [2.45, 2.75) is 39.7 Å². The third-order valence-corrected chi connectivity index (χ3v) is 4.90. The molecule has 1 aliphatic carbocycles. The zero-order valence-electron chi connectivity index (χ0n) is 14.1. The molecule has 0 aliphatic heterocycles. The second-order valence-electron chi connectivity index (χ2n) is 6.98. The highest BCUT2D eigenvalue weighted by Gasteiger charge is 2.18. The summed E-state index contributed by atoms with van der Waals surface area (Å²) in [5.74, 6) is 0.656. The Morgan fingerprint density at radius 3 is 2.83 bits per heavy atom. The lowest BCUT2D eigenvalue weighted by atomic mass is 9.87. The fourth-order valence-electron chi connectivity index (χ4n) is 3.43. The van der Waals surface area contributed by atoms with Gasteiger partial charge in [-0.15, -0.1) is 0 Å². The Kier molecular flexibility index (Phi) is 3.68. The first-order chi connectivity index (χ1) is 11.6. The Morgan fingerprint density at radius 1 is 1.25 bits per heavy atom. The van der Waals surface area contributed by atoms with E-state index in [-0.39, 0.29) is 5.56 Å². The topological polar surface area (TPSA) is 47.8 Å². The summed E-state index contributed by atoms with van der Waals surface area (Å²) in [5.41, 5.74) is 5.22. The second-order valence-corrected chi connectivity index (χ2v) is 6.98. The average molecular weight is 319 g/mol. The van der Waals surface area contributed by atoms with Gasteiger partial charge in [0.2, 0.25) is 0 Å². The zero-order valence-corrected chi connectivity index (χ0v) is 14.1. The molecule has 24 heavy (non-hydrogen) atoms. The van der Waals surface area contributed by atoms with Crippen LogP contribution in [0.1, 0.15) is 35.7 Å². The molecule has 2 aromatic heterocycles. The minimum Gasteiger partial charge on any atom is -0.294 e. The third-order valence-electron chi connectivity index (χ3n) is 4.90. The maximum atomic E-state index is 12.9. The summed E-state index contributed by atoms with van der Waals surface area (Å²) in [4.78, 5) is 21.9. The standard InChI is InChI=1S/C20H21N3O/c1-13-3-6-15(7-4-13)11-23-12-21-19-17(20(23)24)10-16-9-14(2)5-8-18(16)22-19/h3-4,6-7,10,12,14H,5,8-9,11H2,1-2H3/t14-/m0/s1. The average Bonchev–Trinajstić information content (AvgIpc) is 2.58. The van der Waals surface area contributed by atoms with Crippen molar-refractivity contribution >= 4 is 11.0 Å². The van der Waals surface area contributed by atoms with Crippen LogP contribution < -0.4 is 5.56 Å². The lowest BCUT2D eigenvalue weighted by Crippen LogP contribution is -2.23. The molecule has 1 aromatic carbocycles. The first kappa shape index (κ1) is 15.1. The van der Waals surface area contributed by atoms with Gasteiger partial charge in [0, 0.05) is 5.69 Å². The van der Waals surface area contributed by atoms with E-state index in [9.17, 15) is 4.79 Å². The summed E-state index contributed by atoms with van der Waals surface area (Å²) in [5, 5.41) is 0.637. The lowest BCUT2D eigenvalue weighted by molar-refractivity contribution is 0.495. The molecule has 0 amide bonds. The van der Waals surface area contributed by atoms with Crippen LogP contribution in [-0.2, 0) is 19.4 Å². The van der Waals surface area contributed by atoms with Crippen LogP contribution in [0.15, 0.2) is 41.5 Å². The Bertz CT molecular complexity index is 957. The SMILES string of the molecule is Cc1ccc(Cn2cnc3nc4c(cc3c2=O)C[C@@H](C)CC4)cc1. The molecule has 0 fully saturated rings. The molecule has 3 aromatic rings. The summed E-state index contributed by atoms with van der Waals surface area (Å²) in [7, 11) is 0. The van der Waals surface area contributed by atoms with Crippen LogP contribution in [0.3, 0.4) is 0 Å². The second kappa shape index (κ2) is 5.86. The van der Waals surface area contributed by atoms with Gasteiger partial charge in [0.25, 0.3) is 5.56 Å². The minimum atomic E-state index is -0.00546. The number of hydrogen-bond donors (Lipinski definition) is 0. The third kappa shape index (κ3) is 2.73. The van der Waals surface area contributed by atoms with E-state index in [0.29, 0.717) is 23.5 Å². The predicted molar refractivity (Wildman–Crippen MR) is 95.3 cm³/mol. The lowest BCUT2D eigenvalue weighted by Gasteiger charge is -2.20. The predicted octanol–water partition coefficient (Wildman–Crippen LogP) is 3.27. The van der Waals surface area contributed by atoms with E-state index in [1.54, 1.807) is 10.9 Å². The van der Waals surface area contributed by atoms with Crippen LogP contribution in [0.4, 0.5) is 0 Å². The normalized spacial score (nSPS) is 17.0. The number of hydrogen-bond acceptors (Lipinski definition) is 3. The highest BCUT2D eigenvalue weighted by atomic mass is 16.1. The van der Waals surface area contributed by atoms with E-state index < -0.39 is 0 Å². The van der Waals surface area contributed by atoms with E-state index >= 15 is 0 Å². The van der Waals surface area contributed by atoms with Crippen molar-refractivity contribution in [3.63, 3.8) is 0 Å². The van der Waals surface area contributed by atoms with Gasteiger partial charge in [-0.2, -0.15) is 0 Å². The van der Waals surface area contributed by atoms with Crippen molar-refractivity contribution in [2.24, 2.45) is 5.92 Å². The van der Waals surface area contributed by atoms with Crippen LogP contribution >= 0.6 is 0 Å². The van der Waals surface area contributed by atoms with Gasteiger partial charge in [0.05, 0.1) is 11.9 Å². The van der Waals surface area contributed by atoms with Gasteiger partial charge in [-0.05, 0) is 49.3 Å². The van der Waals surface area contributed by atoms with E-state index in [4.69, 9.17) is 0 Å². The molecule has 0 radical (unpaired) electrons. The summed E-state index contributed by atoms with van der Waals surface area (Å²) < 4.78 is 1.67. The molecule has 0 N–H and O–H groups in total. The fraction of sp³-hybridized carbons (Fsp3) is 0.350. The van der Waals surface area contributed by atoms with Crippen LogP contribution in [0.25, 0.3) is 11.0 Å². The molecule has 4 nitrogen and oxygen atoms in total. The Morgan fingerprint density at radius 2 is 2.04 bits per heavy atom. The van der Waals surface area contributed by atoms with Crippen molar-refractivity contribution < 1.29 is 0 Å². The zero-order chi connectivity index (χ0) is 16.7. The molecule has 0 unspecified atom stereocenters. The van der Waals surface area contributed by atoms with Crippen molar-refractivity contribution in [1.82, 2.24) is 14.5 Å². The summed E-state index contributed by atoms with van der Waals surface area (Å²) >= 11 is 0. The van der Waals surface area contributed by atoms with Crippen molar-refractivity contribution in [3.8, 4) is 0 Å². The minimum absolute atomic E-state index is 0.00546. The monoisotopic (exact) mass is 319 g/mol. The van der Waals surface area contributed by atoms with E-state index in [1.807, 2.05) is 6.07 Å². The first-order valence-corrected chi connectivity index (χ1v) is 8.53. The van der Waals surface area contributed by atoms with Crippen LogP contribution in [0.5, 0.6) is 0 Å². The summed E-state index contributed by atoms with van der Waals surface area (Å²) in [6.45, 7) is 4.85. The van der Waals surface area contributed by atoms with Crippen molar-refractivity contribution in [1.29, 1.82) is 0 Å². The van der Waals surface area contributed by atoms with Gasteiger partial charge in [-0.25, -0.2) is 9.97 Å². The molecule has 4 rings (SSSR count). The highest BCUT2D eigenvalue weighted by molar-refractivity contribution is 5.74. The Labute approximate surface area is 141 Å². The molecular formula is C20H21N3O. The Hall–Kier alpha value is -2.49. The van der Waals surface area contributed by atoms with Gasteiger partial charge in [-0.3, -0.25) is 9.36 Å². The molecule has 0 saturated carbocycles. The van der Waals surface area contributed by atoms with Gasteiger partial charge in [0.1, 0.15) is 6.33 Å². The van der Waals surface area contributed by atoms with Crippen LogP contribution in [-0.4, -0.2) is 14.5 Å². The van der Waals surface area contributed by atoms with E-state index in [2.05, 4.69) is 48.1 Å². The number of aryl methyl sites for hydroxylation is 2. The molecule has 1 aliphatic rings. The largest absolute Gasteiger partial charge is 0.294 e. The molecule has 1 atom stereocenters. The van der Waals surface area contributed by atoms with Crippen molar-refractivity contribution in [3.05, 3.63) is 69.4 Å². The number of benzene rings is 1. The first-order valence-electron chi connectivity index (χ1n) is 8.53. The molecule has 0 bridgehead atoms. The van der Waals surface area contributed by atoms with E-state index in [1.165, 1.54) is 11.1 Å². The number of aromatic nitrogens is 3. The Balaban J connectivity index is 1.77. The van der Waals surface area contributed by atoms with Gasteiger partial charge < -0.3 is 0 Å². The quantitative estimate of drug-likeness (QED) is 0.728. The molecule has 0 saturated heterocycles. The molecular weight excluding hydrogens is 298 g/mol. The smallest absolute Gasteiger partial charge is 0.263 e. The molecule has 0 spiro atoms. The van der Waals surface area contributed by atoms with Gasteiger partial charge in [-0.1, -0.05) is 36.8 Å². The summed E-state index contributed by atoms with van der Waals surface area (Å²) in [6.07, 6.45) is 4.77. The molecule has 2 heterocycles. The number of rotatable bonds is 2. The van der Waals surface area contributed by atoms with Crippen molar-refractivity contribution in [2.75, 3.05) is 0 Å². The highest BCUT2D eigenvalue weighted by Crippen LogP contribution is 2.25.